The fraction of sp³-hybridized carbons (Fsp3) is 0.143. The first-order valence-electron chi connectivity index (χ1n) is 5.85. The van der Waals surface area contributed by atoms with Crippen LogP contribution in [-0.4, -0.2) is 13.5 Å². The van der Waals surface area contributed by atoms with E-state index in [1.54, 1.807) is 12.1 Å². The number of aliphatic hydroxyl groups excluding tert-OH is 1. The third-order valence-electron chi connectivity index (χ3n) is 2.73. The molecular weight excluding hydrogens is 262 g/mol. The van der Waals surface area contributed by atoms with Gasteiger partial charge >= 0.3 is 0 Å². The molecule has 0 bridgehead atoms. The Morgan fingerprint density at radius 2 is 1.53 bits per heavy atom. The molecule has 2 rings (SSSR count). The maximum Gasteiger partial charge on any atom is 0.240 e. The molecule has 0 atom stereocenters. The van der Waals surface area contributed by atoms with E-state index >= 15 is 0 Å². The minimum Gasteiger partial charge on any atom is -0.392 e. The molecular formula is C14H15NO3S. The summed E-state index contributed by atoms with van der Waals surface area (Å²) in [5.74, 6) is 0. The van der Waals surface area contributed by atoms with Crippen LogP contribution in [0, 0.1) is 0 Å². The quantitative estimate of drug-likeness (QED) is 0.873. The molecule has 0 amide bonds. The van der Waals surface area contributed by atoms with Crippen LogP contribution in [-0.2, 0) is 23.2 Å². The van der Waals surface area contributed by atoms with E-state index in [4.69, 9.17) is 5.11 Å². The van der Waals surface area contributed by atoms with Crippen molar-refractivity contribution in [1.82, 2.24) is 4.72 Å². The van der Waals surface area contributed by atoms with Gasteiger partial charge in [-0.2, -0.15) is 0 Å². The van der Waals surface area contributed by atoms with Crippen molar-refractivity contribution in [1.29, 1.82) is 0 Å². The molecule has 2 N–H and O–H groups in total. The Hall–Kier alpha value is -1.69. The highest BCUT2D eigenvalue weighted by Gasteiger charge is 2.13. The number of benzene rings is 2. The normalized spacial score (nSPS) is 11.4. The van der Waals surface area contributed by atoms with Crippen LogP contribution in [0.25, 0.3) is 0 Å². The van der Waals surface area contributed by atoms with Gasteiger partial charge in [-0.25, -0.2) is 13.1 Å². The molecule has 0 aromatic heterocycles. The lowest BCUT2D eigenvalue weighted by molar-refractivity contribution is 0.282. The van der Waals surface area contributed by atoms with E-state index in [0.29, 0.717) is 5.56 Å². The van der Waals surface area contributed by atoms with Gasteiger partial charge in [-0.3, -0.25) is 0 Å². The Bertz CT molecular complexity index is 622. The summed E-state index contributed by atoms with van der Waals surface area (Å²) in [6.45, 7) is 0.155. The van der Waals surface area contributed by atoms with Crippen LogP contribution in [0.3, 0.4) is 0 Å². The van der Waals surface area contributed by atoms with E-state index in [1.165, 1.54) is 12.1 Å². The van der Waals surface area contributed by atoms with E-state index in [2.05, 4.69) is 4.72 Å². The summed E-state index contributed by atoms with van der Waals surface area (Å²) in [7, 11) is -3.52. The van der Waals surface area contributed by atoms with E-state index in [0.717, 1.165) is 5.56 Å². The lowest BCUT2D eigenvalue weighted by Gasteiger charge is -2.07. The molecule has 100 valence electrons. The Morgan fingerprint density at radius 1 is 0.895 bits per heavy atom. The second-order valence-corrected chi connectivity index (χ2v) is 5.88. The fourth-order valence-corrected chi connectivity index (χ4v) is 2.65. The van der Waals surface area contributed by atoms with Crippen molar-refractivity contribution in [3.63, 3.8) is 0 Å². The highest BCUT2D eigenvalue weighted by Crippen LogP contribution is 2.11. The fourth-order valence-electron chi connectivity index (χ4n) is 1.63. The molecule has 0 radical (unpaired) electrons. The topological polar surface area (TPSA) is 66.4 Å². The molecule has 5 heteroatoms. The number of rotatable bonds is 5. The number of hydrogen-bond acceptors (Lipinski definition) is 3. The second kappa shape index (κ2) is 5.97. The first-order valence-corrected chi connectivity index (χ1v) is 7.33. The number of nitrogens with one attached hydrogen (secondary N) is 1. The van der Waals surface area contributed by atoms with Gasteiger partial charge in [0.05, 0.1) is 11.5 Å². The van der Waals surface area contributed by atoms with Crippen molar-refractivity contribution in [3.05, 3.63) is 65.7 Å². The van der Waals surface area contributed by atoms with Gasteiger partial charge in [0.15, 0.2) is 0 Å². The Labute approximate surface area is 112 Å². The summed E-state index contributed by atoms with van der Waals surface area (Å²) >= 11 is 0. The molecule has 0 saturated carbocycles. The smallest absolute Gasteiger partial charge is 0.240 e. The molecule has 19 heavy (non-hydrogen) atoms. The maximum atomic E-state index is 12.0. The minimum absolute atomic E-state index is 0.0994. The average Bonchev–Trinajstić information content (AvgIpc) is 2.46. The zero-order valence-corrected chi connectivity index (χ0v) is 11.1. The van der Waals surface area contributed by atoms with Crippen LogP contribution < -0.4 is 4.72 Å². The predicted octanol–water partition coefficient (Wildman–Crippen LogP) is 1.66. The highest BCUT2D eigenvalue weighted by atomic mass is 32.2. The molecule has 0 fully saturated rings. The van der Waals surface area contributed by atoms with Crippen molar-refractivity contribution in [3.8, 4) is 0 Å². The Morgan fingerprint density at radius 3 is 2.11 bits per heavy atom. The van der Waals surface area contributed by atoms with Crippen molar-refractivity contribution in [2.75, 3.05) is 0 Å². The van der Waals surface area contributed by atoms with Gasteiger partial charge in [0.1, 0.15) is 0 Å². The van der Waals surface area contributed by atoms with Gasteiger partial charge in [0.25, 0.3) is 0 Å². The summed E-state index contributed by atoms with van der Waals surface area (Å²) in [6.07, 6.45) is 0. The molecule has 4 nitrogen and oxygen atoms in total. The molecule has 0 aliphatic rings. The van der Waals surface area contributed by atoms with Crippen LogP contribution >= 0.6 is 0 Å². The second-order valence-electron chi connectivity index (χ2n) is 4.11. The van der Waals surface area contributed by atoms with Gasteiger partial charge < -0.3 is 5.11 Å². The monoisotopic (exact) mass is 277 g/mol. The molecule has 2 aromatic rings. The van der Waals surface area contributed by atoms with Gasteiger partial charge in [-0.1, -0.05) is 42.5 Å². The van der Waals surface area contributed by atoms with E-state index < -0.39 is 10.0 Å². The third kappa shape index (κ3) is 3.64. The third-order valence-corrected chi connectivity index (χ3v) is 4.14. The first kappa shape index (κ1) is 13.7. The van der Waals surface area contributed by atoms with Crippen molar-refractivity contribution in [2.24, 2.45) is 0 Å². The standard InChI is InChI=1S/C14H15NO3S/c16-11-13-6-8-14(9-7-13)19(17,18)15-10-12-4-2-1-3-5-12/h1-9,15-16H,10-11H2. The lowest BCUT2D eigenvalue weighted by Crippen LogP contribution is -2.23. The average molecular weight is 277 g/mol. The van der Waals surface area contributed by atoms with Gasteiger partial charge in [0, 0.05) is 6.54 Å². The zero-order chi connectivity index (χ0) is 13.7. The Kier molecular flexibility index (Phi) is 4.31. The maximum absolute atomic E-state index is 12.0. The number of sulfonamides is 1. The van der Waals surface area contributed by atoms with Crippen LogP contribution in [0.5, 0.6) is 0 Å². The molecule has 0 spiro atoms. The minimum atomic E-state index is -3.52. The van der Waals surface area contributed by atoms with Gasteiger partial charge in [-0.05, 0) is 23.3 Å². The number of hydrogen-bond donors (Lipinski definition) is 2. The van der Waals surface area contributed by atoms with Crippen molar-refractivity contribution >= 4 is 10.0 Å². The lowest BCUT2D eigenvalue weighted by atomic mass is 10.2. The van der Waals surface area contributed by atoms with Crippen molar-refractivity contribution in [2.45, 2.75) is 18.0 Å². The van der Waals surface area contributed by atoms with E-state index in [1.807, 2.05) is 30.3 Å². The van der Waals surface area contributed by atoms with Crippen LogP contribution in [0.2, 0.25) is 0 Å². The predicted molar refractivity (Wildman–Crippen MR) is 72.8 cm³/mol. The van der Waals surface area contributed by atoms with E-state index in [-0.39, 0.29) is 18.0 Å². The van der Waals surface area contributed by atoms with Crippen molar-refractivity contribution < 1.29 is 13.5 Å². The molecule has 0 saturated heterocycles. The number of aliphatic hydroxyl groups is 1. The van der Waals surface area contributed by atoms with Crippen LogP contribution in [0.1, 0.15) is 11.1 Å². The first-order chi connectivity index (χ1) is 9.12. The van der Waals surface area contributed by atoms with Gasteiger partial charge in [-0.15, -0.1) is 0 Å². The molecule has 2 aromatic carbocycles. The summed E-state index contributed by atoms with van der Waals surface area (Å²) in [5.41, 5.74) is 1.58. The van der Waals surface area contributed by atoms with Crippen LogP contribution in [0.15, 0.2) is 59.5 Å². The summed E-state index contributed by atoms with van der Waals surface area (Å²) in [6, 6.07) is 15.5. The summed E-state index contributed by atoms with van der Waals surface area (Å²) in [4.78, 5) is 0.195. The van der Waals surface area contributed by atoms with Crippen LogP contribution in [0.4, 0.5) is 0 Å². The SMILES string of the molecule is O=S(=O)(NCc1ccccc1)c1ccc(CO)cc1. The molecule has 0 heterocycles. The highest BCUT2D eigenvalue weighted by molar-refractivity contribution is 7.89. The van der Waals surface area contributed by atoms with Gasteiger partial charge in [0.2, 0.25) is 10.0 Å². The molecule has 0 aliphatic heterocycles. The summed E-state index contributed by atoms with van der Waals surface area (Å²) in [5, 5.41) is 8.92. The van der Waals surface area contributed by atoms with E-state index in [9.17, 15) is 8.42 Å². The summed E-state index contributed by atoms with van der Waals surface area (Å²) < 4.78 is 26.6. The molecule has 0 unspecified atom stereocenters. The largest absolute Gasteiger partial charge is 0.392 e. The zero-order valence-electron chi connectivity index (χ0n) is 10.3. The Balaban J connectivity index is 2.09. The molecule has 0 aliphatic carbocycles.